The molecule has 0 bridgehead atoms. The Labute approximate surface area is 269 Å². The maximum absolute atomic E-state index is 9.27. The molecule has 4 aliphatic heterocycles. The summed E-state index contributed by atoms with van der Waals surface area (Å²) in [6.45, 7) is 5.21. The van der Waals surface area contributed by atoms with E-state index in [2.05, 4.69) is 75.5 Å². The van der Waals surface area contributed by atoms with Gasteiger partial charge in [-0.2, -0.15) is 15.8 Å². The van der Waals surface area contributed by atoms with Crippen LogP contribution < -0.4 is 9.80 Å². The van der Waals surface area contributed by atoms with E-state index in [9.17, 15) is 5.26 Å². The molecule has 4 fully saturated rings. The molecule has 0 saturated carbocycles. The van der Waals surface area contributed by atoms with Crippen molar-refractivity contribution in [1.82, 2.24) is 29.7 Å². The van der Waals surface area contributed by atoms with Crippen molar-refractivity contribution in [2.45, 2.75) is 49.9 Å². The zero-order chi connectivity index (χ0) is 31.9. The summed E-state index contributed by atoms with van der Waals surface area (Å²) < 4.78 is 0. The fraction of sp³-hybridized carbons (Fsp3) is 0.400. The predicted octanol–water partition coefficient (Wildman–Crippen LogP) is 2.56. The summed E-state index contributed by atoms with van der Waals surface area (Å²) in [7, 11) is 0. The topological polar surface area (TPSA) is 136 Å². The summed E-state index contributed by atoms with van der Waals surface area (Å²) in [6, 6.07) is 15.2. The highest BCUT2D eigenvalue weighted by Gasteiger charge is 2.38. The number of aromatic nitrogens is 4. The number of hydrogen-bond donors (Lipinski definition) is 0. The first-order valence-electron chi connectivity index (χ1n) is 15.5. The number of nitriles is 3. The fourth-order valence-electron chi connectivity index (χ4n) is 6.94. The second-order valence-electron chi connectivity index (χ2n) is 11.7. The van der Waals surface area contributed by atoms with Gasteiger partial charge in [-0.1, -0.05) is 23.8 Å². The molecule has 3 aromatic rings. The lowest BCUT2D eigenvalue weighted by Gasteiger charge is -2.39. The molecular weight excluding hydrogens is 574 g/mol. The Morgan fingerprint density at radius 1 is 0.652 bits per heavy atom. The molecule has 11 heteroatoms. The van der Waals surface area contributed by atoms with Crippen LogP contribution in [0.25, 0.3) is 0 Å². The van der Waals surface area contributed by atoms with E-state index in [1.807, 2.05) is 18.2 Å². The lowest BCUT2D eigenvalue weighted by molar-refractivity contribution is 0.202. The average Bonchev–Trinajstić information content (AvgIpc) is 3.74. The van der Waals surface area contributed by atoms with Crippen LogP contribution in [-0.4, -0.2) is 93.2 Å². The van der Waals surface area contributed by atoms with E-state index in [0.29, 0.717) is 40.7 Å². The van der Waals surface area contributed by atoms with Gasteiger partial charge < -0.3 is 9.80 Å². The second kappa shape index (κ2) is 14.1. The molecule has 228 valence electrons. The van der Waals surface area contributed by atoms with Gasteiger partial charge in [0.1, 0.15) is 12.1 Å². The van der Waals surface area contributed by atoms with Gasteiger partial charge in [-0.25, -0.2) is 19.9 Å². The first-order chi connectivity index (χ1) is 22.6. The highest BCUT2D eigenvalue weighted by Crippen LogP contribution is 2.30. The minimum absolute atomic E-state index is 0.236. The summed E-state index contributed by atoms with van der Waals surface area (Å²) in [5, 5.41) is 27.4. The largest absolute Gasteiger partial charge is 0.351 e. The van der Waals surface area contributed by atoms with E-state index in [4.69, 9.17) is 16.9 Å². The molecular formula is C35H33N11. The van der Waals surface area contributed by atoms with Crippen LogP contribution in [0.4, 0.5) is 11.6 Å². The molecule has 4 atom stereocenters. The van der Waals surface area contributed by atoms with Gasteiger partial charge in [0.05, 0.1) is 23.7 Å². The maximum atomic E-state index is 9.27. The second-order valence-corrected chi connectivity index (χ2v) is 11.7. The molecule has 4 aliphatic rings. The molecule has 0 aliphatic carbocycles. The van der Waals surface area contributed by atoms with Crippen molar-refractivity contribution in [3.05, 3.63) is 71.6 Å². The summed E-state index contributed by atoms with van der Waals surface area (Å²) in [5.41, 5.74) is 2.31. The third kappa shape index (κ3) is 6.46. The van der Waals surface area contributed by atoms with Gasteiger partial charge in [0.15, 0.2) is 23.0 Å². The number of fused-ring (bicyclic) bond motifs is 2. The summed E-state index contributed by atoms with van der Waals surface area (Å²) in [6.07, 6.45) is 16.3. The number of terminal acetylenes is 1. The number of piperazine rings is 2. The fourth-order valence-corrected chi connectivity index (χ4v) is 6.94. The Morgan fingerprint density at radius 3 is 1.76 bits per heavy atom. The van der Waals surface area contributed by atoms with Crippen molar-refractivity contribution >= 4 is 11.6 Å². The predicted molar refractivity (Wildman–Crippen MR) is 172 cm³/mol. The Kier molecular flexibility index (Phi) is 9.33. The Morgan fingerprint density at radius 2 is 1.20 bits per heavy atom. The van der Waals surface area contributed by atoms with Gasteiger partial charge in [-0.05, 0) is 43.9 Å². The van der Waals surface area contributed by atoms with Crippen LogP contribution in [0.1, 0.15) is 48.2 Å². The minimum Gasteiger partial charge on any atom is -0.351 e. The van der Waals surface area contributed by atoms with E-state index in [1.165, 1.54) is 0 Å². The average molecular weight is 608 g/mol. The van der Waals surface area contributed by atoms with Crippen molar-refractivity contribution < 1.29 is 0 Å². The standard InChI is InChI=1S/C21H18N6.C14H15N5/c22-13-17-3-1-2-16(12-17)4-5-18-6-7-19-15-26(10-11-27(18)19)21-20(14-23)24-8-9-25-21;1-2-11-3-4-12-10-18(7-8-19(11)12)14-13(9-15)16-5-6-17-14/h1-3,8-9,12,18-19H,6-7,10-11,15H2;1,5-6,11-12H,3-4,7-8,10H2/t18-,19-;11-,12-/m00/s1. The third-order valence-corrected chi connectivity index (χ3v) is 9.14. The van der Waals surface area contributed by atoms with Gasteiger partial charge >= 0.3 is 0 Å². The van der Waals surface area contributed by atoms with E-state index in [-0.39, 0.29) is 12.1 Å². The third-order valence-electron chi connectivity index (χ3n) is 9.14. The van der Waals surface area contributed by atoms with Crippen LogP contribution >= 0.6 is 0 Å². The molecule has 0 spiro atoms. The molecule has 7 rings (SSSR count). The molecule has 0 N–H and O–H groups in total. The molecule has 0 radical (unpaired) electrons. The summed E-state index contributed by atoms with van der Waals surface area (Å²) in [4.78, 5) is 26.1. The molecule has 6 heterocycles. The van der Waals surface area contributed by atoms with E-state index >= 15 is 0 Å². The molecule has 11 nitrogen and oxygen atoms in total. The molecule has 2 aromatic heterocycles. The Bertz CT molecular complexity index is 1800. The summed E-state index contributed by atoms with van der Waals surface area (Å²) in [5.74, 6) is 10.9. The highest BCUT2D eigenvalue weighted by molar-refractivity contribution is 5.51. The van der Waals surface area contributed by atoms with E-state index in [1.54, 1.807) is 30.9 Å². The lowest BCUT2D eigenvalue weighted by Crippen LogP contribution is -2.52. The Hall–Kier alpha value is -5.51. The first-order valence-corrected chi connectivity index (χ1v) is 15.5. The molecule has 1 aromatic carbocycles. The molecule has 46 heavy (non-hydrogen) atoms. The van der Waals surface area contributed by atoms with Crippen molar-refractivity contribution in [2.24, 2.45) is 0 Å². The van der Waals surface area contributed by atoms with Gasteiger partial charge in [-0.3, -0.25) is 9.80 Å². The van der Waals surface area contributed by atoms with Crippen LogP contribution in [-0.2, 0) is 0 Å². The van der Waals surface area contributed by atoms with E-state index in [0.717, 1.165) is 70.5 Å². The van der Waals surface area contributed by atoms with Crippen LogP contribution in [0.3, 0.4) is 0 Å². The van der Waals surface area contributed by atoms with Crippen LogP contribution in [0.2, 0.25) is 0 Å². The van der Waals surface area contributed by atoms with Gasteiger partial charge in [0, 0.05) is 81.7 Å². The monoisotopic (exact) mass is 607 g/mol. The van der Waals surface area contributed by atoms with Crippen LogP contribution in [0, 0.1) is 58.2 Å². The molecule has 0 amide bonds. The van der Waals surface area contributed by atoms with E-state index < -0.39 is 0 Å². The van der Waals surface area contributed by atoms with Gasteiger partial charge in [-0.15, -0.1) is 6.42 Å². The van der Waals surface area contributed by atoms with Gasteiger partial charge in [0.25, 0.3) is 0 Å². The van der Waals surface area contributed by atoms with Crippen molar-refractivity contribution in [1.29, 1.82) is 15.8 Å². The highest BCUT2D eigenvalue weighted by atomic mass is 15.3. The van der Waals surface area contributed by atoms with Crippen LogP contribution in [0.15, 0.2) is 49.1 Å². The number of rotatable bonds is 2. The van der Waals surface area contributed by atoms with Crippen molar-refractivity contribution in [3.63, 3.8) is 0 Å². The normalized spacial score (nSPS) is 23.6. The lowest BCUT2D eigenvalue weighted by atomic mass is 10.1. The maximum Gasteiger partial charge on any atom is 0.183 e. The van der Waals surface area contributed by atoms with Crippen molar-refractivity contribution in [3.8, 4) is 42.4 Å². The number of benzene rings is 1. The SMILES string of the molecule is C#C[C@H]1CC[C@H]2CN(c3nccnc3C#N)CCN21.N#Cc1cccc(C#C[C@H]2CC[C@H]3CN(c4nccnc4C#N)CCN32)c1. The first kappa shape index (κ1) is 30.5. The zero-order valence-electron chi connectivity index (χ0n) is 25.5. The number of hydrogen-bond acceptors (Lipinski definition) is 11. The van der Waals surface area contributed by atoms with Gasteiger partial charge in [0.2, 0.25) is 0 Å². The number of nitrogens with zero attached hydrogens (tertiary/aromatic N) is 11. The minimum atomic E-state index is 0.236. The number of anilines is 2. The Balaban J connectivity index is 0.000000172. The van der Waals surface area contributed by atoms with Crippen LogP contribution in [0.5, 0.6) is 0 Å². The smallest absolute Gasteiger partial charge is 0.183 e. The summed E-state index contributed by atoms with van der Waals surface area (Å²) >= 11 is 0. The molecule has 4 saturated heterocycles. The quantitative estimate of drug-likeness (QED) is 0.398. The zero-order valence-corrected chi connectivity index (χ0v) is 25.5. The van der Waals surface area contributed by atoms with Crippen molar-refractivity contribution in [2.75, 3.05) is 49.1 Å². The molecule has 0 unspecified atom stereocenters.